The van der Waals surface area contributed by atoms with Gasteiger partial charge in [0.1, 0.15) is 11.5 Å². The largest absolute Gasteiger partial charge is 0.395 e. The van der Waals surface area contributed by atoms with Crippen molar-refractivity contribution in [3.63, 3.8) is 0 Å². The van der Waals surface area contributed by atoms with Crippen LogP contribution in [0.4, 0.5) is 5.82 Å². The van der Waals surface area contributed by atoms with Crippen LogP contribution in [0.3, 0.4) is 0 Å². The first-order valence-corrected chi connectivity index (χ1v) is 6.07. The van der Waals surface area contributed by atoms with Crippen molar-refractivity contribution >= 4 is 11.7 Å². The summed E-state index contributed by atoms with van der Waals surface area (Å²) in [5.41, 5.74) is 0.291. The maximum atomic E-state index is 12.1. The number of rotatable bonds is 6. The summed E-state index contributed by atoms with van der Waals surface area (Å²) in [7, 11) is 0. The summed E-state index contributed by atoms with van der Waals surface area (Å²) in [4.78, 5) is 21.9. The van der Waals surface area contributed by atoms with Crippen LogP contribution in [0.5, 0.6) is 0 Å². The SMILES string of the molecule is CCNc1cnc(C(=O)N(CCO)C(C)C)cn1. The van der Waals surface area contributed by atoms with Gasteiger partial charge in [-0.15, -0.1) is 0 Å². The lowest BCUT2D eigenvalue weighted by Crippen LogP contribution is -2.39. The fourth-order valence-corrected chi connectivity index (χ4v) is 1.56. The van der Waals surface area contributed by atoms with E-state index in [1.54, 1.807) is 4.90 Å². The zero-order valence-electron chi connectivity index (χ0n) is 11.1. The highest BCUT2D eigenvalue weighted by Gasteiger charge is 2.19. The number of hydrogen-bond donors (Lipinski definition) is 2. The summed E-state index contributed by atoms with van der Waals surface area (Å²) in [5.74, 6) is 0.432. The number of carbonyl (C=O) groups is 1. The molecule has 6 heteroatoms. The Balaban J connectivity index is 2.81. The van der Waals surface area contributed by atoms with Crippen molar-refractivity contribution in [2.45, 2.75) is 26.8 Å². The number of aliphatic hydroxyl groups is 1. The van der Waals surface area contributed by atoms with Gasteiger partial charge in [-0.25, -0.2) is 9.97 Å². The van der Waals surface area contributed by atoms with Crippen LogP contribution < -0.4 is 5.32 Å². The molecule has 0 unspecified atom stereocenters. The third-order valence-electron chi connectivity index (χ3n) is 2.45. The molecule has 1 aromatic heterocycles. The minimum absolute atomic E-state index is 0.0138. The van der Waals surface area contributed by atoms with Crippen LogP contribution >= 0.6 is 0 Å². The van der Waals surface area contributed by atoms with Gasteiger partial charge in [0.25, 0.3) is 5.91 Å². The van der Waals surface area contributed by atoms with E-state index in [1.807, 2.05) is 20.8 Å². The lowest BCUT2D eigenvalue weighted by molar-refractivity contribution is 0.0659. The number of amides is 1. The van der Waals surface area contributed by atoms with Gasteiger partial charge < -0.3 is 15.3 Å². The number of aliphatic hydroxyl groups excluding tert-OH is 1. The number of carbonyl (C=O) groups excluding carboxylic acids is 1. The van der Waals surface area contributed by atoms with Crippen molar-refractivity contribution in [1.29, 1.82) is 0 Å². The second kappa shape index (κ2) is 6.90. The van der Waals surface area contributed by atoms with Crippen molar-refractivity contribution in [3.05, 3.63) is 18.1 Å². The van der Waals surface area contributed by atoms with Gasteiger partial charge in [0, 0.05) is 19.1 Å². The van der Waals surface area contributed by atoms with Gasteiger partial charge in [0.15, 0.2) is 0 Å². The molecule has 2 N–H and O–H groups in total. The lowest BCUT2D eigenvalue weighted by Gasteiger charge is -2.25. The first-order valence-electron chi connectivity index (χ1n) is 6.07. The van der Waals surface area contributed by atoms with Crippen molar-refractivity contribution < 1.29 is 9.90 Å². The van der Waals surface area contributed by atoms with Crippen molar-refractivity contribution in [2.24, 2.45) is 0 Å². The molecule has 0 fully saturated rings. The zero-order valence-corrected chi connectivity index (χ0v) is 11.1. The van der Waals surface area contributed by atoms with Crippen LogP contribution in [0.1, 0.15) is 31.3 Å². The summed E-state index contributed by atoms with van der Waals surface area (Å²) in [6.07, 6.45) is 2.99. The number of nitrogens with zero attached hydrogens (tertiary/aromatic N) is 3. The Morgan fingerprint density at radius 2 is 2.17 bits per heavy atom. The third kappa shape index (κ3) is 3.66. The second-order valence-corrected chi connectivity index (χ2v) is 4.13. The Labute approximate surface area is 107 Å². The molecular weight excluding hydrogens is 232 g/mol. The van der Waals surface area contributed by atoms with E-state index in [0.717, 1.165) is 6.54 Å². The molecule has 0 saturated heterocycles. The van der Waals surface area contributed by atoms with Gasteiger partial charge in [-0.05, 0) is 20.8 Å². The summed E-state index contributed by atoms with van der Waals surface area (Å²) < 4.78 is 0. The van der Waals surface area contributed by atoms with Gasteiger partial charge >= 0.3 is 0 Å². The predicted molar refractivity (Wildman–Crippen MR) is 69.5 cm³/mol. The van der Waals surface area contributed by atoms with Crippen molar-refractivity contribution in [1.82, 2.24) is 14.9 Å². The number of nitrogens with one attached hydrogen (secondary N) is 1. The van der Waals surface area contributed by atoms with Crippen LogP contribution in [0.2, 0.25) is 0 Å². The number of aromatic nitrogens is 2. The minimum atomic E-state index is -0.213. The van der Waals surface area contributed by atoms with Crippen LogP contribution in [0, 0.1) is 0 Å². The van der Waals surface area contributed by atoms with E-state index in [2.05, 4.69) is 15.3 Å². The van der Waals surface area contributed by atoms with E-state index >= 15 is 0 Å². The predicted octanol–water partition coefficient (Wildman–Crippen LogP) is 0.751. The molecule has 0 atom stereocenters. The molecule has 18 heavy (non-hydrogen) atoms. The number of hydrogen-bond acceptors (Lipinski definition) is 5. The van der Waals surface area contributed by atoms with Gasteiger partial charge in [-0.2, -0.15) is 0 Å². The molecular formula is C12H20N4O2. The van der Waals surface area contributed by atoms with E-state index in [4.69, 9.17) is 5.11 Å². The highest BCUT2D eigenvalue weighted by Crippen LogP contribution is 2.07. The van der Waals surface area contributed by atoms with Crippen LogP contribution in [0.25, 0.3) is 0 Å². The Morgan fingerprint density at radius 3 is 2.61 bits per heavy atom. The Kier molecular flexibility index (Phi) is 5.51. The van der Waals surface area contributed by atoms with Gasteiger partial charge in [-0.1, -0.05) is 0 Å². The highest BCUT2D eigenvalue weighted by molar-refractivity contribution is 5.92. The molecule has 0 aromatic carbocycles. The lowest BCUT2D eigenvalue weighted by atomic mass is 10.2. The van der Waals surface area contributed by atoms with Crippen LogP contribution in [0.15, 0.2) is 12.4 Å². The molecule has 100 valence electrons. The van der Waals surface area contributed by atoms with Crippen LogP contribution in [-0.4, -0.2) is 51.6 Å². The Bertz CT molecular complexity index is 378. The molecule has 6 nitrogen and oxygen atoms in total. The van der Waals surface area contributed by atoms with Gasteiger partial charge in [-0.3, -0.25) is 4.79 Å². The molecule has 1 aromatic rings. The number of anilines is 1. The normalized spacial score (nSPS) is 10.5. The Hall–Kier alpha value is -1.69. The minimum Gasteiger partial charge on any atom is -0.395 e. The Morgan fingerprint density at radius 1 is 1.44 bits per heavy atom. The summed E-state index contributed by atoms with van der Waals surface area (Å²) in [6, 6.07) is 0.0138. The molecule has 1 heterocycles. The van der Waals surface area contributed by atoms with E-state index in [1.165, 1.54) is 12.4 Å². The average molecular weight is 252 g/mol. The van der Waals surface area contributed by atoms with E-state index in [9.17, 15) is 4.79 Å². The summed E-state index contributed by atoms with van der Waals surface area (Å²) in [6.45, 7) is 6.75. The summed E-state index contributed by atoms with van der Waals surface area (Å²) in [5, 5.41) is 12.0. The molecule has 0 aliphatic rings. The standard InChI is InChI=1S/C12H20N4O2/c1-4-13-11-8-14-10(7-15-11)12(18)16(5-6-17)9(2)3/h7-9,17H,4-6H2,1-3H3,(H,13,15). The maximum Gasteiger partial charge on any atom is 0.274 e. The molecule has 1 amide bonds. The van der Waals surface area contributed by atoms with Crippen molar-refractivity contribution in [2.75, 3.05) is 25.0 Å². The maximum absolute atomic E-state index is 12.1. The fourth-order valence-electron chi connectivity index (χ4n) is 1.56. The first kappa shape index (κ1) is 14.4. The molecule has 0 radical (unpaired) electrons. The van der Waals surface area contributed by atoms with E-state index < -0.39 is 0 Å². The smallest absolute Gasteiger partial charge is 0.274 e. The molecule has 0 spiro atoms. The van der Waals surface area contributed by atoms with Crippen LogP contribution in [-0.2, 0) is 0 Å². The second-order valence-electron chi connectivity index (χ2n) is 4.13. The van der Waals surface area contributed by atoms with Gasteiger partial charge in [0.2, 0.25) is 0 Å². The fraction of sp³-hybridized carbons (Fsp3) is 0.583. The molecule has 0 aliphatic carbocycles. The highest BCUT2D eigenvalue weighted by atomic mass is 16.3. The van der Waals surface area contributed by atoms with Gasteiger partial charge in [0.05, 0.1) is 19.0 Å². The molecule has 1 rings (SSSR count). The first-order chi connectivity index (χ1) is 8.60. The molecule has 0 bridgehead atoms. The third-order valence-corrected chi connectivity index (χ3v) is 2.45. The average Bonchev–Trinajstić information content (AvgIpc) is 2.36. The summed E-state index contributed by atoms with van der Waals surface area (Å²) >= 11 is 0. The molecule has 0 aliphatic heterocycles. The van der Waals surface area contributed by atoms with E-state index in [0.29, 0.717) is 18.1 Å². The quantitative estimate of drug-likeness (QED) is 0.781. The monoisotopic (exact) mass is 252 g/mol. The molecule has 0 saturated carbocycles. The van der Waals surface area contributed by atoms with E-state index in [-0.39, 0.29) is 18.6 Å². The zero-order chi connectivity index (χ0) is 13.5. The topological polar surface area (TPSA) is 78.4 Å². The van der Waals surface area contributed by atoms with Crippen molar-refractivity contribution in [3.8, 4) is 0 Å².